The molecule has 0 aliphatic heterocycles. The summed E-state index contributed by atoms with van der Waals surface area (Å²) in [4.78, 5) is 9.67. The van der Waals surface area contributed by atoms with Gasteiger partial charge < -0.3 is 5.11 Å². The summed E-state index contributed by atoms with van der Waals surface area (Å²) in [5, 5.41) is 19.2. The molecule has 8 heteroatoms. The van der Waals surface area contributed by atoms with E-state index >= 15 is 0 Å². The molecule has 1 aromatic rings. The van der Waals surface area contributed by atoms with Crippen molar-refractivity contribution in [2.45, 2.75) is 18.7 Å². The molecule has 0 spiro atoms. The molecular formula is C9H7ClF3NO3. The first-order valence-corrected chi connectivity index (χ1v) is 4.77. The molecule has 1 N–H and O–H groups in total. The van der Waals surface area contributed by atoms with Crippen molar-refractivity contribution in [3.8, 4) is 0 Å². The fourth-order valence-corrected chi connectivity index (χ4v) is 1.35. The second-order valence-corrected chi connectivity index (χ2v) is 3.70. The summed E-state index contributed by atoms with van der Waals surface area (Å²) in [7, 11) is 0. The number of alkyl halides is 3. The summed E-state index contributed by atoms with van der Waals surface area (Å²) >= 11 is 5.59. The van der Waals surface area contributed by atoms with Crippen molar-refractivity contribution in [1.29, 1.82) is 0 Å². The van der Waals surface area contributed by atoms with Crippen LogP contribution in [0.5, 0.6) is 0 Å². The molecule has 94 valence electrons. The Balaban J connectivity index is 2.98. The molecule has 1 rings (SSSR count). The molecule has 0 radical (unpaired) electrons. The van der Waals surface area contributed by atoms with Gasteiger partial charge >= 0.3 is 6.18 Å². The molecule has 0 bridgehead atoms. The van der Waals surface area contributed by atoms with Gasteiger partial charge in [-0.1, -0.05) is 11.6 Å². The number of nitro benzene ring substituents is 1. The van der Waals surface area contributed by atoms with Crippen LogP contribution in [0.25, 0.3) is 0 Å². The molecule has 17 heavy (non-hydrogen) atoms. The van der Waals surface area contributed by atoms with E-state index in [1.807, 2.05) is 0 Å². The second kappa shape index (κ2) is 4.89. The van der Waals surface area contributed by atoms with Crippen molar-refractivity contribution < 1.29 is 23.2 Å². The van der Waals surface area contributed by atoms with Gasteiger partial charge in [0.15, 0.2) is 6.10 Å². The molecule has 1 unspecified atom stereocenters. The molecule has 0 aliphatic carbocycles. The van der Waals surface area contributed by atoms with E-state index in [1.165, 1.54) is 0 Å². The zero-order chi connectivity index (χ0) is 13.2. The summed E-state index contributed by atoms with van der Waals surface area (Å²) < 4.78 is 36.3. The lowest BCUT2D eigenvalue weighted by Gasteiger charge is -2.14. The Morgan fingerprint density at radius 2 is 2.06 bits per heavy atom. The Kier molecular flexibility index (Phi) is 3.94. The Labute approximate surface area is 98.8 Å². The molecule has 0 saturated carbocycles. The van der Waals surface area contributed by atoms with Gasteiger partial charge in [0.1, 0.15) is 0 Å². The third kappa shape index (κ3) is 3.57. The highest BCUT2D eigenvalue weighted by atomic mass is 35.5. The molecule has 0 aromatic heterocycles. The first-order chi connectivity index (χ1) is 7.71. The minimum absolute atomic E-state index is 0.0566. The van der Waals surface area contributed by atoms with E-state index in [0.717, 1.165) is 18.2 Å². The summed E-state index contributed by atoms with van der Waals surface area (Å²) in [6, 6.07) is 3.11. The predicted octanol–water partition coefficient (Wildman–Crippen LogP) is 2.71. The molecule has 1 atom stereocenters. The van der Waals surface area contributed by atoms with Gasteiger partial charge in [-0.25, -0.2) is 0 Å². The minimum atomic E-state index is -4.78. The SMILES string of the molecule is O=[N+]([O-])c1ccc(Cl)c(CC(O)C(F)(F)F)c1. The number of hydrogen-bond acceptors (Lipinski definition) is 3. The van der Waals surface area contributed by atoms with Gasteiger partial charge in [0.05, 0.1) is 4.92 Å². The Hall–Kier alpha value is -1.34. The smallest absolute Gasteiger partial charge is 0.383 e. The van der Waals surface area contributed by atoms with Gasteiger partial charge in [-0.3, -0.25) is 10.1 Å². The van der Waals surface area contributed by atoms with Crippen LogP contribution in [-0.2, 0) is 6.42 Å². The lowest BCUT2D eigenvalue weighted by Crippen LogP contribution is -2.30. The lowest BCUT2D eigenvalue weighted by molar-refractivity contribution is -0.384. The molecule has 0 fully saturated rings. The molecule has 0 heterocycles. The van der Waals surface area contributed by atoms with E-state index in [0.29, 0.717) is 0 Å². The third-order valence-electron chi connectivity index (χ3n) is 2.03. The van der Waals surface area contributed by atoms with Gasteiger partial charge in [0.25, 0.3) is 5.69 Å². The van der Waals surface area contributed by atoms with Crippen LogP contribution in [-0.4, -0.2) is 22.3 Å². The van der Waals surface area contributed by atoms with Crippen LogP contribution in [0.1, 0.15) is 5.56 Å². The van der Waals surface area contributed by atoms with E-state index in [-0.39, 0.29) is 16.3 Å². The van der Waals surface area contributed by atoms with Crippen molar-refractivity contribution in [3.05, 3.63) is 38.9 Å². The van der Waals surface area contributed by atoms with Crippen molar-refractivity contribution in [2.24, 2.45) is 0 Å². The summed E-state index contributed by atoms with van der Waals surface area (Å²) in [6.07, 6.45) is -8.19. The van der Waals surface area contributed by atoms with Crippen LogP contribution >= 0.6 is 11.6 Å². The number of benzene rings is 1. The zero-order valence-corrected chi connectivity index (χ0v) is 9.00. The summed E-state index contributed by atoms with van der Waals surface area (Å²) in [5.74, 6) is 0. The number of aliphatic hydroxyl groups excluding tert-OH is 1. The number of halogens is 4. The largest absolute Gasteiger partial charge is 0.414 e. The van der Waals surface area contributed by atoms with E-state index < -0.39 is 23.6 Å². The van der Waals surface area contributed by atoms with Crippen LogP contribution in [0, 0.1) is 10.1 Å². The van der Waals surface area contributed by atoms with Gasteiger partial charge in [-0.2, -0.15) is 13.2 Å². The average Bonchev–Trinajstić information content (AvgIpc) is 2.19. The van der Waals surface area contributed by atoms with Gasteiger partial charge in [0, 0.05) is 23.6 Å². The van der Waals surface area contributed by atoms with Crippen LogP contribution < -0.4 is 0 Å². The maximum atomic E-state index is 12.1. The number of rotatable bonds is 3. The zero-order valence-electron chi connectivity index (χ0n) is 8.24. The number of aliphatic hydroxyl groups is 1. The molecule has 0 amide bonds. The Morgan fingerprint density at radius 1 is 1.47 bits per heavy atom. The van der Waals surface area contributed by atoms with Gasteiger partial charge in [-0.05, 0) is 11.6 Å². The molecule has 0 aliphatic rings. The highest BCUT2D eigenvalue weighted by Gasteiger charge is 2.38. The van der Waals surface area contributed by atoms with Gasteiger partial charge in [0.2, 0.25) is 0 Å². The second-order valence-electron chi connectivity index (χ2n) is 3.29. The quantitative estimate of drug-likeness (QED) is 0.678. The van der Waals surface area contributed by atoms with Crippen molar-refractivity contribution >= 4 is 17.3 Å². The average molecular weight is 270 g/mol. The molecule has 4 nitrogen and oxygen atoms in total. The highest BCUT2D eigenvalue weighted by molar-refractivity contribution is 6.31. The number of hydrogen-bond donors (Lipinski definition) is 1. The van der Waals surface area contributed by atoms with Crippen molar-refractivity contribution in [1.82, 2.24) is 0 Å². The van der Waals surface area contributed by atoms with E-state index in [2.05, 4.69) is 0 Å². The number of nitrogens with zero attached hydrogens (tertiary/aromatic N) is 1. The lowest BCUT2D eigenvalue weighted by atomic mass is 10.1. The van der Waals surface area contributed by atoms with Crippen molar-refractivity contribution in [2.75, 3.05) is 0 Å². The van der Waals surface area contributed by atoms with Crippen LogP contribution in [0.2, 0.25) is 5.02 Å². The number of non-ortho nitro benzene ring substituents is 1. The van der Waals surface area contributed by atoms with Crippen LogP contribution in [0.3, 0.4) is 0 Å². The van der Waals surface area contributed by atoms with Crippen LogP contribution in [0.15, 0.2) is 18.2 Å². The third-order valence-corrected chi connectivity index (χ3v) is 2.40. The first kappa shape index (κ1) is 13.7. The highest BCUT2D eigenvalue weighted by Crippen LogP contribution is 2.28. The fraction of sp³-hybridized carbons (Fsp3) is 0.333. The maximum absolute atomic E-state index is 12.1. The fourth-order valence-electron chi connectivity index (χ4n) is 1.16. The topological polar surface area (TPSA) is 63.4 Å². The standard InChI is InChI=1S/C9H7ClF3NO3/c10-7-2-1-6(14(16)17)3-5(7)4-8(15)9(11,12)13/h1-3,8,15H,4H2. The monoisotopic (exact) mass is 269 g/mol. The van der Waals surface area contributed by atoms with E-state index in [1.54, 1.807) is 0 Å². The maximum Gasteiger partial charge on any atom is 0.414 e. The Morgan fingerprint density at radius 3 is 2.53 bits per heavy atom. The molecular weight excluding hydrogens is 263 g/mol. The van der Waals surface area contributed by atoms with Gasteiger partial charge in [-0.15, -0.1) is 0 Å². The summed E-state index contributed by atoms with van der Waals surface area (Å²) in [5.41, 5.74) is -0.496. The Bertz CT molecular complexity index is 436. The first-order valence-electron chi connectivity index (χ1n) is 4.39. The van der Waals surface area contributed by atoms with E-state index in [4.69, 9.17) is 16.7 Å². The van der Waals surface area contributed by atoms with E-state index in [9.17, 15) is 23.3 Å². The normalized spacial score (nSPS) is 13.5. The summed E-state index contributed by atoms with van der Waals surface area (Å²) in [6.45, 7) is 0. The number of nitro groups is 1. The van der Waals surface area contributed by atoms with Crippen LogP contribution in [0.4, 0.5) is 18.9 Å². The van der Waals surface area contributed by atoms with Crippen molar-refractivity contribution in [3.63, 3.8) is 0 Å². The molecule has 0 saturated heterocycles. The minimum Gasteiger partial charge on any atom is -0.383 e. The molecule has 1 aromatic carbocycles. The predicted molar refractivity (Wildman–Crippen MR) is 53.9 cm³/mol.